The normalized spacial score (nSPS) is 10.8. The third-order valence-corrected chi connectivity index (χ3v) is 3.01. The summed E-state index contributed by atoms with van der Waals surface area (Å²) in [4.78, 5) is 0. The third kappa shape index (κ3) is 3.05. The molecule has 0 aliphatic rings. The molecule has 0 aliphatic heterocycles. The molecule has 4 heteroatoms. The summed E-state index contributed by atoms with van der Waals surface area (Å²) >= 11 is 0. The van der Waals surface area contributed by atoms with Gasteiger partial charge in [0.15, 0.2) is 11.5 Å². The van der Waals surface area contributed by atoms with Gasteiger partial charge in [-0.25, -0.2) is 0 Å². The van der Waals surface area contributed by atoms with Crippen LogP contribution in [0.4, 0.5) is 0 Å². The average Bonchev–Trinajstić information content (AvgIpc) is 3.07. The molecular weight excluding hydrogens is 276 g/mol. The van der Waals surface area contributed by atoms with Crippen LogP contribution in [0.5, 0.6) is 0 Å². The first kappa shape index (κ1) is 13.7. The Morgan fingerprint density at radius 1 is 1.00 bits per heavy atom. The minimum atomic E-state index is 0.162. The van der Waals surface area contributed by atoms with Gasteiger partial charge in [-0.15, -0.1) is 0 Å². The molecule has 0 fully saturated rings. The Bertz CT molecular complexity index is 841. The molecule has 4 nitrogen and oxygen atoms in total. The largest absolute Gasteiger partial charge is 0.410 e. The topological polar surface area (TPSA) is 58.6 Å². The van der Waals surface area contributed by atoms with Crippen molar-refractivity contribution in [3.05, 3.63) is 78.0 Å². The predicted octanol–water partition coefficient (Wildman–Crippen LogP) is 3.57. The summed E-state index contributed by atoms with van der Waals surface area (Å²) in [6, 6.07) is 20.7. The molecule has 0 saturated heterocycles. The van der Waals surface area contributed by atoms with Gasteiger partial charge in [-0.2, -0.15) is 0 Å². The van der Waals surface area contributed by atoms with Gasteiger partial charge < -0.3 is 9.73 Å². The highest BCUT2D eigenvalue weighted by Gasteiger charge is 2.10. The molecular formula is C18H12N2O2. The van der Waals surface area contributed by atoms with E-state index in [1.165, 1.54) is 0 Å². The van der Waals surface area contributed by atoms with Gasteiger partial charge in [0.2, 0.25) is 0 Å². The summed E-state index contributed by atoms with van der Waals surface area (Å²) in [6.07, 6.45) is 0. The summed E-state index contributed by atoms with van der Waals surface area (Å²) in [5.74, 6) is 6.31. The van der Waals surface area contributed by atoms with Crippen molar-refractivity contribution < 1.29 is 9.73 Å². The lowest BCUT2D eigenvalue weighted by Gasteiger charge is -1.91. The van der Waals surface area contributed by atoms with Crippen LogP contribution in [-0.2, 0) is 0 Å². The van der Waals surface area contributed by atoms with E-state index in [0.29, 0.717) is 11.5 Å². The van der Waals surface area contributed by atoms with Crippen LogP contribution < -0.4 is 0 Å². The fourth-order valence-electron chi connectivity index (χ4n) is 1.92. The van der Waals surface area contributed by atoms with E-state index < -0.39 is 0 Å². The summed E-state index contributed by atoms with van der Waals surface area (Å²) in [7, 11) is 0. The third-order valence-electron chi connectivity index (χ3n) is 3.01. The van der Waals surface area contributed by atoms with Crippen molar-refractivity contribution in [3.8, 4) is 23.2 Å². The van der Waals surface area contributed by atoms with Crippen LogP contribution in [-0.4, -0.2) is 16.1 Å². The molecule has 0 amide bonds. The second-order valence-electron chi connectivity index (χ2n) is 4.51. The van der Waals surface area contributed by atoms with Gasteiger partial charge in [0.25, 0.3) is 0 Å². The maximum Gasteiger partial charge on any atom is 0.181 e. The second kappa shape index (κ2) is 6.42. The van der Waals surface area contributed by atoms with Gasteiger partial charge in [-0.05, 0) is 18.1 Å². The number of rotatable bonds is 2. The van der Waals surface area contributed by atoms with Crippen LogP contribution in [0.2, 0.25) is 0 Å². The number of oxime groups is 1. The zero-order chi connectivity index (χ0) is 15.2. The van der Waals surface area contributed by atoms with E-state index in [-0.39, 0.29) is 5.71 Å². The average molecular weight is 288 g/mol. The molecule has 3 rings (SSSR count). The van der Waals surface area contributed by atoms with E-state index in [1.807, 2.05) is 60.7 Å². The SMILES string of the molecule is ON=C(C#Cc1ccccc1)c1cc(-c2ccccc2)on1. The van der Waals surface area contributed by atoms with Crippen LogP contribution in [0, 0.1) is 11.8 Å². The standard InChI is InChI=1S/C18H12N2O2/c21-19-16(12-11-14-7-3-1-4-8-14)17-13-18(22-20-17)15-9-5-2-6-10-15/h1-10,13,21H. The van der Waals surface area contributed by atoms with Gasteiger partial charge in [-0.1, -0.05) is 64.8 Å². The van der Waals surface area contributed by atoms with E-state index in [9.17, 15) is 0 Å². The molecule has 1 aromatic heterocycles. The van der Waals surface area contributed by atoms with E-state index in [0.717, 1.165) is 11.1 Å². The van der Waals surface area contributed by atoms with Gasteiger partial charge in [0, 0.05) is 17.2 Å². The molecule has 0 saturated carbocycles. The minimum Gasteiger partial charge on any atom is -0.410 e. The smallest absolute Gasteiger partial charge is 0.181 e. The molecule has 1 heterocycles. The Hall–Kier alpha value is -3.32. The Kier molecular flexibility index (Phi) is 3.98. The van der Waals surface area contributed by atoms with Crippen LogP contribution in [0.25, 0.3) is 11.3 Å². The highest BCUT2D eigenvalue weighted by molar-refractivity contribution is 6.12. The summed E-state index contributed by atoms with van der Waals surface area (Å²) in [6.45, 7) is 0. The maximum atomic E-state index is 9.14. The fraction of sp³-hybridized carbons (Fsp3) is 0. The van der Waals surface area contributed by atoms with E-state index in [4.69, 9.17) is 9.73 Å². The van der Waals surface area contributed by atoms with Crippen molar-refractivity contribution in [1.29, 1.82) is 0 Å². The zero-order valence-corrected chi connectivity index (χ0v) is 11.6. The molecule has 0 radical (unpaired) electrons. The van der Waals surface area contributed by atoms with E-state index >= 15 is 0 Å². The van der Waals surface area contributed by atoms with Crippen molar-refractivity contribution in [3.63, 3.8) is 0 Å². The van der Waals surface area contributed by atoms with Crippen LogP contribution in [0.15, 0.2) is 76.4 Å². The summed E-state index contributed by atoms with van der Waals surface area (Å²) in [5, 5.41) is 16.2. The number of aromatic nitrogens is 1. The highest BCUT2D eigenvalue weighted by Crippen LogP contribution is 2.19. The Balaban J connectivity index is 1.87. The lowest BCUT2D eigenvalue weighted by atomic mass is 10.1. The van der Waals surface area contributed by atoms with Crippen molar-refractivity contribution in [1.82, 2.24) is 5.16 Å². The second-order valence-corrected chi connectivity index (χ2v) is 4.51. The molecule has 22 heavy (non-hydrogen) atoms. The minimum absolute atomic E-state index is 0.162. The molecule has 0 aliphatic carbocycles. The molecule has 0 unspecified atom stereocenters. The molecule has 0 spiro atoms. The number of benzene rings is 2. The molecule has 2 aromatic carbocycles. The number of nitrogens with zero attached hydrogens (tertiary/aromatic N) is 2. The molecule has 0 bridgehead atoms. The fourth-order valence-corrected chi connectivity index (χ4v) is 1.92. The van der Waals surface area contributed by atoms with Gasteiger partial charge in [0.1, 0.15) is 5.69 Å². The van der Waals surface area contributed by atoms with Gasteiger partial charge in [0.05, 0.1) is 0 Å². The lowest BCUT2D eigenvalue weighted by Crippen LogP contribution is -1.97. The quantitative estimate of drug-likeness (QED) is 0.339. The molecule has 1 N–H and O–H groups in total. The Morgan fingerprint density at radius 3 is 2.36 bits per heavy atom. The first-order valence-electron chi connectivity index (χ1n) is 6.68. The molecule has 0 atom stereocenters. The van der Waals surface area contributed by atoms with Crippen molar-refractivity contribution in [2.45, 2.75) is 0 Å². The number of hydrogen-bond donors (Lipinski definition) is 1. The van der Waals surface area contributed by atoms with E-state index in [2.05, 4.69) is 22.2 Å². The Morgan fingerprint density at radius 2 is 1.68 bits per heavy atom. The first-order chi connectivity index (χ1) is 10.9. The van der Waals surface area contributed by atoms with Gasteiger partial charge >= 0.3 is 0 Å². The maximum absolute atomic E-state index is 9.14. The van der Waals surface area contributed by atoms with Crippen LogP contribution in [0.1, 0.15) is 11.3 Å². The van der Waals surface area contributed by atoms with Gasteiger partial charge in [-0.3, -0.25) is 0 Å². The molecule has 106 valence electrons. The van der Waals surface area contributed by atoms with Crippen LogP contribution in [0.3, 0.4) is 0 Å². The predicted molar refractivity (Wildman–Crippen MR) is 83.6 cm³/mol. The van der Waals surface area contributed by atoms with E-state index in [1.54, 1.807) is 6.07 Å². The lowest BCUT2D eigenvalue weighted by molar-refractivity contribution is 0.319. The Labute approximate surface area is 127 Å². The first-order valence-corrected chi connectivity index (χ1v) is 6.68. The number of hydrogen-bond acceptors (Lipinski definition) is 4. The van der Waals surface area contributed by atoms with Crippen LogP contribution >= 0.6 is 0 Å². The zero-order valence-electron chi connectivity index (χ0n) is 11.6. The molecule has 3 aromatic rings. The highest BCUT2D eigenvalue weighted by atomic mass is 16.5. The summed E-state index contributed by atoms with van der Waals surface area (Å²) in [5.41, 5.74) is 2.28. The van der Waals surface area contributed by atoms with Crippen molar-refractivity contribution in [2.24, 2.45) is 5.16 Å². The van der Waals surface area contributed by atoms with Crippen molar-refractivity contribution >= 4 is 5.71 Å². The summed E-state index contributed by atoms with van der Waals surface area (Å²) < 4.78 is 5.28. The monoisotopic (exact) mass is 288 g/mol. The van der Waals surface area contributed by atoms with Crippen molar-refractivity contribution in [2.75, 3.05) is 0 Å².